The van der Waals surface area contributed by atoms with E-state index < -0.39 is 0 Å². The van der Waals surface area contributed by atoms with Gasteiger partial charge in [-0.2, -0.15) is 4.98 Å². The van der Waals surface area contributed by atoms with Crippen LogP contribution >= 0.6 is 11.6 Å². The van der Waals surface area contributed by atoms with Crippen molar-refractivity contribution >= 4 is 29.1 Å². The summed E-state index contributed by atoms with van der Waals surface area (Å²) in [4.78, 5) is 31.9. The molecule has 9 heteroatoms. The molecule has 8 nitrogen and oxygen atoms in total. The van der Waals surface area contributed by atoms with E-state index in [0.29, 0.717) is 41.1 Å². The first-order valence-corrected chi connectivity index (χ1v) is 11.7. The molecule has 1 aliphatic heterocycles. The second-order valence-corrected chi connectivity index (χ2v) is 8.93. The van der Waals surface area contributed by atoms with Crippen LogP contribution in [0.5, 0.6) is 0 Å². The molecule has 178 valence electrons. The van der Waals surface area contributed by atoms with Gasteiger partial charge in [0.2, 0.25) is 11.7 Å². The average molecular weight is 491 g/mol. The SMILES string of the molecule is Cc1ccc(C(=O)N2CCC(c3nc(-c4ccc(Cl)cc4)no3)CC2)cc1NC(=O)c1ccco1. The van der Waals surface area contributed by atoms with Gasteiger partial charge in [-0.15, -0.1) is 0 Å². The minimum absolute atomic E-state index is 0.0793. The zero-order chi connectivity index (χ0) is 24.4. The Morgan fingerprint density at radius 1 is 1.09 bits per heavy atom. The summed E-state index contributed by atoms with van der Waals surface area (Å²) in [6.45, 7) is 3.02. The quantitative estimate of drug-likeness (QED) is 0.392. The normalized spacial score (nSPS) is 14.2. The molecule has 1 saturated heterocycles. The van der Waals surface area contributed by atoms with E-state index in [1.54, 1.807) is 36.4 Å². The fourth-order valence-corrected chi connectivity index (χ4v) is 4.24. The topological polar surface area (TPSA) is 101 Å². The van der Waals surface area contributed by atoms with Gasteiger partial charge in [0.15, 0.2) is 5.76 Å². The van der Waals surface area contributed by atoms with Gasteiger partial charge in [-0.1, -0.05) is 22.8 Å². The number of piperidine rings is 1. The summed E-state index contributed by atoms with van der Waals surface area (Å²) in [7, 11) is 0. The Balaban J connectivity index is 1.22. The number of halogens is 1. The van der Waals surface area contributed by atoms with Crippen molar-refractivity contribution in [3.63, 3.8) is 0 Å². The number of likely N-dealkylation sites (tertiary alicyclic amines) is 1. The number of nitrogens with zero attached hydrogens (tertiary/aromatic N) is 3. The highest BCUT2D eigenvalue weighted by molar-refractivity contribution is 6.30. The number of aryl methyl sites for hydroxylation is 1. The van der Waals surface area contributed by atoms with Crippen molar-refractivity contribution in [1.29, 1.82) is 0 Å². The number of carbonyl (C=O) groups excluding carboxylic acids is 2. The molecule has 0 spiro atoms. The molecule has 0 atom stereocenters. The molecular weight excluding hydrogens is 468 g/mol. The molecule has 1 fully saturated rings. The van der Waals surface area contributed by atoms with Crippen LogP contribution in [0.2, 0.25) is 5.02 Å². The van der Waals surface area contributed by atoms with Crippen LogP contribution in [-0.4, -0.2) is 39.9 Å². The van der Waals surface area contributed by atoms with Gasteiger partial charge in [0.1, 0.15) is 0 Å². The molecule has 0 radical (unpaired) electrons. The fourth-order valence-electron chi connectivity index (χ4n) is 4.11. The van der Waals surface area contributed by atoms with Crippen LogP contribution in [0.15, 0.2) is 69.8 Å². The first kappa shape index (κ1) is 22.9. The minimum atomic E-state index is -0.360. The zero-order valence-electron chi connectivity index (χ0n) is 19.0. The Hall–Kier alpha value is -3.91. The van der Waals surface area contributed by atoms with Gasteiger partial charge in [-0.05, 0) is 73.9 Å². The molecule has 0 saturated carbocycles. The molecule has 5 rings (SSSR count). The summed E-state index contributed by atoms with van der Waals surface area (Å²) < 4.78 is 10.7. The van der Waals surface area contributed by atoms with Gasteiger partial charge in [0.05, 0.1) is 6.26 Å². The first-order valence-electron chi connectivity index (χ1n) is 11.3. The third kappa shape index (κ3) is 4.97. The molecule has 4 aromatic rings. The molecular formula is C26H23ClN4O4. The Bertz CT molecular complexity index is 1340. The van der Waals surface area contributed by atoms with E-state index in [9.17, 15) is 9.59 Å². The van der Waals surface area contributed by atoms with Gasteiger partial charge in [0, 0.05) is 40.8 Å². The number of rotatable bonds is 5. The molecule has 1 aliphatic rings. The number of carbonyl (C=O) groups is 2. The van der Waals surface area contributed by atoms with E-state index in [1.807, 2.05) is 30.0 Å². The van der Waals surface area contributed by atoms with Crippen molar-refractivity contribution < 1.29 is 18.5 Å². The molecule has 2 aromatic carbocycles. The number of amides is 2. The number of nitrogens with one attached hydrogen (secondary N) is 1. The van der Waals surface area contributed by atoms with E-state index in [2.05, 4.69) is 15.5 Å². The Labute approximate surface area is 206 Å². The lowest BCUT2D eigenvalue weighted by atomic mass is 9.96. The number of furan rings is 1. The number of hydrogen-bond donors (Lipinski definition) is 1. The van der Waals surface area contributed by atoms with Crippen molar-refractivity contribution in [2.24, 2.45) is 0 Å². The van der Waals surface area contributed by atoms with Crippen LogP contribution in [0.4, 0.5) is 5.69 Å². The Kier molecular flexibility index (Phi) is 6.37. The van der Waals surface area contributed by atoms with E-state index >= 15 is 0 Å². The van der Waals surface area contributed by atoms with Crippen LogP contribution in [0, 0.1) is 6.92 Å². The maximum atomic E-state index is 13.2. The van der Waals surface area contributed by atoms with E-state index in [0.717, 1.165) is 24.0 Å². The number of benzene rings is 2. The summed E-state index contributed by atoms with van der Waals surface area (Å²) in [5.74, 6) is 0.974. The predicted octanol–water partition coefficient (Wildman–Crippen LogP) is 5.56. The summed E-state index contributed by atoms with van der Waals surface area (Å²) >= 11 is 5.95. The predicted molar refractivity (Wildman–Crippen MR) is 130 cm³/mol. The fraction of sp³-hybridized carbons (Fsp3) is 0.231. The second-order valence-electron chi connectivity index (χ2n) is 8.49. The highest BCUT2D eigenvalue weighted by Gasteiger charge is 2.28. The average Bonchev–Trinajstić information content (AvgIpc) is 3.59. The maximum absolute atomic E-state index is 13.2. The van der Waals surface area contributed by atoms with Crippen LogP contribution in [0.25, 0.3) is 11.4 Å². The van der Waals surface area contributed by atoms with E-state index in [4.69, 9.17) is 20.5 Å². The van der Waals surface area contributed by atoms with Gasteiger partial charge in [0.25, 0.3) is 11.8 Å². The molecule has 0 bridgehead atoms. The van der Waals surface area contributed by atoms with Crippen LogP contribution in [0.3, 0.4) is 0 Å². The molecule has 2 amide bonds. The van der Waals surface area contributed by atoms with Crippen LogP contribution in [0.1, 0.15) is 51.1 Å². The van der Waals surface area contributed by atoms with Gasteiger partial charge < -0.3 is 19.2 Å². The monoisotopic (exact) mass is 490 g/mol. The molecule has 35 heavy (non-hydrogen) atoms. The van der Waals surface area contributed by atoms with Crippen molar-refractivity contribution in [3.8, 4) is 11.4 Å². The van der Waals surface area contributed by atoms with Crippen molar-refractivity contribution in [3.05, 3.63) is 88.7 Å². The highest BCUT2D eigenvalue weighted by atomic mass is 35.5. The summed E-state index contributed by atoms with van der Waals surface area (Å²) in [6.07, 6.45) is 2.89. The molecule has 0 unspecified atom stereocenters. The third-order valence-corrected chi connectivity index (χ3v) is 6.41. The van der Waals surface area contributed by atoms with Gasteiger partial charge in [-0.25, -0.2) is 0 Å². The highest BCUT2D eigenvalue weighted by Crippen LogP contribution is 2.30. The molecule has 3 heterocycles. The van der Waals surface area contributed by atoms with Crippen LogP contribution in [-0.2, 0) is 0 Å². The van der Waals surface area contributed by atoms with Crippen molar-refractivity contribution in [2.75, 3.05) is 18.4 Å². The lowest BCUT2D eigenvalue weighted by Crippen LogP contribution is -2.38. The lowest BCUT2D eigenvalue weighted by molar-refractivity contribution is 0.0704. The maximum Gasteiger partial charge on any atom is 0.291 e. The number of aromatic nitrogens is 2. The molecule has 2 aromatic heterocycles. The summed E-state index contributed by atoms with van der Waals surface area (Å²) in [6, 6.07) is 15.8. The second kappa shape index (κ2) is 9.76. The standard InChI is InChI=1S/C26H23ClN4O4/c1-16-4-5-19(15-21(16)28-24(32)22-3-2-14-34-22)26(33)31-12-10-18(11-13-31)25-29-23(30-35-25)17-6-8-20(27)9-7-17/h2-9,14-15,18H,10-13H2,1H3,(H,28,32). The number of anilines is 1. The van der Waals surface area contributed by atoms with E-state index in [1.165, 1.54) is 6.26 Å². The lowest BCUT2D eigenvalue weighted by Gasteiger charge is -2.30. The van der Waals surface area contributed by atoms with Crippen molar-refractivity contribution in [1.82, 2.24) is 15.0 Å². The molecule has 0 aliphatic carbocycles. The zero-order valence-corrected chi connectivity index (χ0v) is 19.8. The smallest absolute Gasteiger partial charge is 0.291 e. The Morgan fingerprint density at radius 3 is 2.57 bits per heavy atom. The molecule has 1 N–H and O–H groups in total. The summed E-state index contributed by atoms with van der Waals surface area (Å²) in [5.41, 5.74) is 2.79. The summed E-state index contributed by atoms with van der Waals surface area (Å²) in [5, 5.41) is 7.57. The minimum Gasteiger partial charge on any atom is -0.459 e. The van der Waals surface area contributed by atoms with E-state index in [-0.39, 0.29) is 23.5 Å². The largest absolute Gasteiger partial charge is 0.459 e. The first-order chi connectivity index (χ1) is 17.0. The van der Waals surface area contributed by atoms with Crippen LogP contribution < -0.4 is 5.32 Å². The Morgan fingerprint density at radius 2 is 1.86 bits per heavy atom. The third-order valence-electron chi connectivity index (χ3n) is 6.15. The van der Waals surface area contributed by atoms with Crippen molar-refractivity contribution in [2.45, 2.75) is 25.7 Å². The van der Waals surface area contributed by atoms with Gasteiger partial charge in [-0.3, -0.25) is 9.59 Å². The number of hydrogen-bond acceptors (Lipinski definition) is 6. The van der Waals surface area contributed by atoms with Gasteiger partial charge >= 0.3 is 0 Å².